The summed E-state index contributed by atoms with van der Waals surface area (Å²) in [6.07, 6.45) is 7.11. The van der Waals surface area contributed by atoms with Crippen molar-refractivity contribution in [3.8, 4) is 0 Å². The lowest BCUT2D eigenvalue weighted by molar-refractivity contribution is 0.462. The van der Waals surface area contributed by atoms with Crippen molar-refractivity contribution in [3.05, 3.63) is 29.6 Å². The van der Waals surface area contributed by atoms with Crippen molar-refractivity contribution >= 4 is 5.69 Å². The molecule has 3 N–H and O–H groups in total. The van der Waals surface area contributed by atoms with Crippen LogP contribution < -0.4 is 11.1 Å². The maximum absolute atomic E-state index is 13.2. The van der Waals surface area contributed by atoms with E-state index in [2.05, 4.69) is 5.32 Å². The van der Waals surface area contributed by atoms with Crippen LogP contribution in [0.2, 0.25) is 0 Å². The van der Waals surface area contributed by atoms with E-state index in [0.29, 0.717) is 12.6 Å². The Bertz CT molecular complexity index is 359. The minimum atomic E-state index is -0.178. The third kappa shape index (κ3) is 3.43. The van der Waals surface area contributed by atoms with Crippen LogP contribution in [0.5, 0.6) is 0 Å². The molecule has 0 spiro atoms. The van der Waals surface area contributed by atoms with Crippen molar-refractivity contribution in [1.29, 1.82) is 0 Å². The van der Waals surface area contributed by atoms with E-state index >= 15 is 0 Å². The van der Waals surface area contributed by atoms with Gasteiger partial charge in [-0.1, -0.05) is 19.3 Å². The Morgan fingerprint density at radius 2 is 2.00 bits per heavy atom. The zero-order valence-electron chi connectivity index (χ0n) is 10.2. The van der Waals surface area contributed by atoms with E-state index in [1.54, 1.807) is 6.07 Å². The number of hydrogen-bond donors (Lipinski definition) is 2. The van der Waals surface area contributed by atoms with E-state index in [1.807, 2.05) is 6.07 Å². The van der Waals surface area contributed by atoms with Gasteiger partial charge < -0.3 is 11.1 Å². The van der Waals surface area contributed by atoms with Crippen LogP contribution in [0.3, 0.4) is 0 Å². The molecule has 0 radical (unpaired) electrons. The van der Waals surface area contributed by atoms with E-state index < -0.39 is 0 Å². The second kappa shape index (κ2) is 6.01. The van der Waals surface area contributed by atoms with Crippen LogP contribution in [-0.4, -0.2) is 12.6 Å². The number of nitrogens with two attached hydrogens (primary N) is 1. The molecule has 0 bridgehead atoms. The van der Waals surface area contributed by atoms with Crippen LogP contribution in [0, 0.1) is 5.82 Å². The summed E-state index contributed by atoms with van der Waals surface area (Å²) in [6, 6.07) is 5.50. The molecule has 1 aromatic rings. The summed E-state index contributed by atoms with van der Waals surface area (Å²) < 4.78 is 13.2. The molecular weight excluding hydrogens is 215 g/mol. The highest BCUT2D eigenvalue weighted by molar-refractivity contribution is 5.52. The molecular formula is C14H21FN2. The molecule has 1 aliphatic rings. The molecule has 0 aromatic heterocycles. The van der Waals surface area contributed by atoms with Gasteiger partial charge in [0.2, 0.25) is 0 Å². The zero-order chi connectivity index (χ0) is 12.1. The molecule has 2 rings (SSSR count). The second-order valence-corrected chi connectivity index (χ2v) is 4.82. The summed E-state index contributed by atoms with van der Waals surface area (Å²) in [5.74, 6) is -0.178. The van der Waals surface area contributed by atoms with Gasteiger partial charge in [0.25, 0.3) is 0 Å². The molecule has 1 aliphatic carbocycles. The van der Waals surface area contributed by atoms with Gasteiger partial charge in [0.05, 0.1) is 0 Å². The number of nitrogens with one attached hydrogen (secondary N) is 1. The van der Waals surface area contributed by atoms with Crippen LogP contribution in [0.25, 0.3) is 0 Å². The van der Waals surface area contributed by atoms with Crippen LogP contribution >= 0.6 is 0 Å². The van der Waals surface area contributed by atoms with Crippen molar-refractivity contribution < 1.29 is 4.39 Å². The van der Waals surface area contributed by atoms with Gasteiger partial charge in [0.1, 0.15) is 5.82 Å². The maximum atomic E-state index is 13.2. The first kappa shape index (κ1) is 12.4. The highest BCUT2D eigenvalue weighted by Crippen LogP contribution is 2.24. The smallest absolute Gasteiger partial charge is 0.123 e. The predicted octanol–water partition coefficient (Wildman–Crippen LogP) is 3.07. The number of benzene rings is 1. The van der Waals surface area contributed by atoms with Gasteiger partial charge in [-0.05, 0) is 49.6 Å². The predicted molar refractivity (Wildman–Crippen MR) is 69.7 cm³/mol. The van der Waals surface area contributed by atoms with Crippen LogP contribution in [0.15, 0.2) is 18.2 Å². The molecule has 1 aromatic carbocycles. The fourth-order valence-corrected chi connectivity index (χ4v) is 2.53. The monoisotopic (exact) mass is 236 g/mol. The Labute approximate surface area is 102 Å². The van der Waals surface area contributed by atoms with Crippen LogP contribution in [0.1, 0.15) is 37.7 Å². The molecule has 0 atom stereocenters. The average molecular weight is 236 g/mol. The first-order chi connectivity index (χ1) is 8.29. The highest BCUT2D eigenvalue weighted by atomic mass is 19.1. The first-order valence-electron chi connectivity index (χ1n) is 6.54. The van der Waals surface area contributed by atoms with E-state index in [0.717, 1.165) is 17.7 Å². The molecule has 0 amide bonds. The third-order valence-electron chi connectivity index (χ3n) is 3.45. The van der Waals surface area contributed by atoms with E-state index in [4.69, 9.17) is 5.73 Å². The van der Waals surface area contributed by atoms with E-state index in [1.165, 1.54) is 38.2 Å². The normalized spacial score (nSPS) is 17.1. The Hall–Kier alpha value is -1.09. The Kier molecular flexibility index (Phi) is 4.37. The maximum Gasteiger partial charge on any atom is 0.123 e. The summed E-state index contributed by atoms with van der Waals surface area (Å²) in [7, 11) is 0. The standard InChI is InChI=1S/C14H21FN2/c15-12-6-7-14(11(10-12)8-9-16)17-13-4-2-1-3-5-13/h6-7,10,13,17H,1-5,8-9,16H2. The topological polar surface area (TPSA) is 38.0 Å². The van der Waals surface area contributed by atoms with Crippen LogP contribution in [-0.2, 0) is 6.42 Å². The lowest BCUT2D eigenvalue weighted by atomic mass is 9.95. The molecule has 0 aliphatic heterocycles. The van der Waals surface area contributed by atoms with Gasteiger partial charge in [-0.2, -0.15) is 0 Å². The highest BCUT2D eigenvalue weighted by Gasteiger charge is 2.14. The summed E-state index contributed by atoms with van der Waals surface area (Å²) >= 11 is 0. The molecule has 0 unspecified atom stereocenters. The minimum Gasteiger partial charge on any atom is -0.382 e. The number of hydrogen-bond acceptors (Lipinski definition) is 2. The number of rotatable bonds is 4. The molecule has 1 fully saturated rings. The van der Waals surface area contributed by atoms with E-state index in [-0.39, 0.29) is 5.82 Å². The van der Waals surface area contributed by atoms with Crippen LogP contribution in [0.4, 0.5) is 10.1 Å². The summed E-state index contributed by atoms with van der Waals surface area (Å²) in [4.78, 5) is 0. The lowest BCUT2D eigenvalue weighted by Gasteiger charge is -2.25. The van der Waals surface area contributed by atoms with E-state index in [9.17, 15) is 4.39 Å². The van der Waals surface area contributed by atoms with Gasteiger partial charge in [0.15, 0.2) is 0 Å². The quantitative estimate of drug-likeness (QED) is 0.843. The molecule has 0 saturated heterocycles. The fraction of sp³-hybridized carbons (Fsp3) is 0.571. The molecule has 94 valence electrons. The number of anilines is 1. The minimum absolute atomic E-state index is 0.178. The van der Waals surface area contributed by atoms with Crippen molar-refractivity contribution in [3.63, 3.8) is 0 Å². The second-order valence-electron chi connectivity index (χ2n) is 4.82. The number of halogens is 1. The van der Waals surface area contributed by atoms with Crippen molar-refractivity contribution in [2.45, 2.75) is 44.6 Å². The average Bonchev–Trinajstić information content (AvgIpc) is 2.34. The summed E-state index contributed by atoms with van der Waals surface area (Å²) in [6.45, 7) is 0.558. The van der Waals surface area contributed by atoms with Gasteiger partial charge >= 0.3 is 0 Å². The molecule has 1 saturated carbocycles. The van der Waals surface area contributed by atoms with Gasteiger partial charge in [-0.3, -0.25) is 0 Å². The van der Waals surface area contributed by atoms with Gasteiger partial charge in [0, 0.05) is 11.7 Å². The summed E-state index contributed by atoms with van der Waals surface area (Å²) in [5, 5.41) is 3.54. The summed E-state index contributed by atoms with van der Waals surface area (Å²) in [5.41, 5.74) is 7.62. The Balaban J connectivity index is 2.07. The molecule has 17 heavy (non-hydrogen) atoms. The zero-order valence-corrected chi connectivity index (χ0v) is 10.2. The first-order valence-corrected chi connectivity index (χ1v) is 6.54. The SMILES string of the molecule is NCCc1cc(F)ccc1NC1CCCCC1. The van der Waals surface area contributed by atoms with Crippen molar-refractivity contribution in [2.75, 3.05) is 11.9 Å². The van der Waals surface area contributed by atoms with Crippen molar-refractivity contribution in [1.82, 2.24) is 0 Å². The van der Waals surface area contributed by atoms with Gasteiger partial charge in [-0.25, -0.2) is 4.39 Å². The Morgan fingerprint density at radius 3 is 2.71 bits per heavy atom. The molecule has 3 heteroatoms. The molecule has 0 heterocycles. The lowest BCUT2D eigenvalue weighted by Crippen LogP contribution is -2.23. The van der Waals surface area contributed by atoms with Crippen molar-refractivity contribution in [2.24, 2.45) is 5.73 Å². The third-order valence-corrected chi connectivity index (χ3v) is 3.45. The fourth-order valence-electron chi connectivity index (χ4n) is 2.53. The largest absolute Gasteiger partial charge is 0.382 e. The Morgan fingerprint density at radius 1 is 1.24 bits per heavy atom. The van der Waals surface area contributed by atoms with Gasteiger partial charge in [-0.15, -0.1) is 0 Å². The molecule has 2 nitrogen and oxygen atoms in total.